The zero-order valence-electron chi connectivity index (χ0n) is 11.6. The molecule has 7 heteroatoms. The maximum atomic E-state index is 12.6. The van der Waals surface area contributed by atoms with E-state index in [-0.39, 0.29) is 10.9 Å². The monoisotopic (exact) mass is 296 g/mol. The van der Waals surface area contributed by atoms with E-state index in [1.807, 2.05) is 6.92 Å². The molecule has 20 heavy (non-hydrogen) atoms. The van der Waals surface area contributed by atoms with Gasteiger partial charge >= 0.3 is 0 Å². The van der Waals surface area contributed by atoms with Crippen molar-refractivity contribution in [3.8, 4) is 0 Å². The van der Waals surface area contributed by atoms with Crippen LogP contribution >= 0.6 is 0 Å². The molecule has 2 atom stereocenters. The van der Waals surface area contributed by atoms with Gasteiger partial charge in [-0.25, -0.2) is 18.4 Å². The van der Waals surface area contributed by atoms with Crippen LogP contribution < -0.4 is 5.32 Å². The first kappa shape index (κ1) is 13.8. The molecule has 110 valence electrons. The third-order valence-electron chi connectivity index (χ3n) is 4.13. The molecule has 2 fully saturated rings. The van der Waals surface area contributed by atoms with E-state index >= 15 is 0 Å². The molecule has 0 spiro atoms. The standard InChI is InChI=1S/C13H20N4O2S/c1-2-5-14-13-15-7-12(8-16-13)20(18,19)17-9-10-3-4-11(17)6-10/h7-8,10-11H,2-6,9H2,1H3,(H,14,15,16). The van der Waals surface area contributed by atoms with Crippen LogP contribution in [-0.2, 0) is 10.0 Å². The highest BCUT2D eigenvalue weighted by Gasteiger charge is 2.44. The molecule has 1 aliphatic heterocycles. The lowest BCUT2D eigenvalue weighted by Crippen LogP contribution is -2.37. The van der Waals surface area contributed by atoms with E-state index in [1.54, 1.807) is 4.31 Å². The molecule has 1 aliphatic carbocycles. The zero-order chi connectivity index (χ0) is 14.2. The number of rotatable bonds is 5. The summed E-state index contributed by atoms with van der Waals surface area (Å²) in [5.41, 5.74) is 0. The summed E-state index contributed by atoms with van der Waals surface area (Å²) in [6.45, 7) is 3.49. The Morgan fingerprint density at radius 3 is 2.65 bits per heavy atom. The van der Waals surface area contributed by atoms with Crippen molar-refractivity contribution >= 4 is 16.0 Å². The van der Waals surface area contributed by atoms with Crippen LogP contribution in [0.15, 0.2) is 17.3 Å². The van der Waals surface area contributed by atoms with Crippen LogP contribution in [0.3, 0.4) is 0 Å². The average molecular weight is 296 g/mol. The fourth-order valence-corrected chi connectivity index (χ4v) is 4.72. The van der Waals surface area contributed by atoms with Crippen molar-refractivity contribution in [3.05, 3.63) is 12.4 Å². The van der Waals surface area contributed by atoms with Crippen molar-refractivity contribution in [1.29, 1.82) is 0 Å². The topological polar surface area (TPSA) is 75.2 Å². The second kappa shape index (κ2) is 5.29. The first-order valence-corrected chi connectivity index (χ1v) is 8.63. The van der Waals surface area contributed by atoms with Crippen molar-refractivity contribution in [3.63, 3.8) is 0 Å². The van der Waals surface area contributed by atoms with Gasteiger partial charge in [-0.05, 0) is 31.6 Å². The first-order valence-electron chi connectivity index (χ1n) is 7.19. The van der Waals surface area contributed by atoms with Crippen molar-refractivity contribution in [1.82, 2.24) is 14.3 Å². The minimum Gasteiger partial charge on any atom is -0.354 e. The molecule has 2 unspecified atom stereocenters. The Bertz CT molecular complexity index is 573. The van der Waals surface area contributed by atoms with Crippen molar-refractivity contribution < 1.29 is 8.42 Å². The Kier molecular flexibility index (Phi) is 3.64. The van der Waals surface area contributed by atoms with Gasteiger partial charge in [0.1, 0.15) is 4.90 Å². The number of hydrogen-bond acceptors (Lipinski definition) is 5. The van der Waals surface area contributed by atoms with Crippen LogP contribution in [0.4, 0.5) is 5.95 Å². The smallest absolute Gasteiger partial charge is 0.246 e. The van der Waals surface area contributed by atoms with Gasteiger partial charge in [0.2, 0.25) is 16.0 Å². The molecule has 0 radical (unpaired) electrons. The first-order chi connectivity index (χ1) is 9.61. The number of aromatic nitrogens is 2. The average Bonchev–Trinajstić information content (AvgIpc) is 3.08. The molecule has 2 heterocycles. The fourth-order valence-electron chi connectivity index (χ4n) is 3.09. The zero-order valence-corrected chi connectivity index (χ0v) is 12.4. The normalized spacial score (nSPS) is 26.1. The number of nitrogens with zero attached hydrogens (tertiary/aromatic N) is 3. The van der Waals surface area contributed by atoms with Gasteiger partial charge in [0.15, 0.2) is 0 Å². The summed E-state index contributed by atoms with van der Waals surface area (Å²) < 4.78 is 26.8. The van der Waals surface area contributed by atoms with Crippen LogP contribution in [0.25, 0.3) is 0 Å². The van der Waals surface area contributed by atoms with Crippen LogP contribution in [0.1, 0.15) is 32.6 Å². The van der Waals surface area contributed by atoms with E-state index in [9.17, 15) is 8.42 Å². The summed E-state index contributed by atoms with van der Waals surface area (Å²) in [5.74, 6) is 1.02. The molecule has 0 aromatic carbocycles. The lowest BCUT2D eigenvalue weighted by molar-refractivity contribution is 0.333. The summed E-state index contributed by atoms with van der Waals surface area (Å²) in [6.07, 6.45) is 6.95. The summed E-state index contributed by atoms with van der Waals surface area (Å²) in [5, 5.41) is 3.04. The van der Waals surface area contributed by atoms with Gasteiger partial charge in [0.05, 0.1) is 12.4 Å². The van der Waals surface area contributed by atoms with Gasteiger partial charge in [0.25, 0.3) is 0 Å². The van der Waals surface area contributed by atoms with Gasteiger partial charge in [-0.15, -0.1) is 0 Å². The summed E-state index contributed by atoms with van der Waals surface area (Å²) >= 11 is 0. The largest absolute Gasteiger partial charge is 0.354 e. The minimum absolute atomic E-state index is 0.183. The summed E-state index contributed by atoms with van der Waals surface area (Å²) in [6, 6.07) is 0.183. The van der Waals surface area contributed by atoms with E-state index < -0.39 is 10.0 Å². The predicted octanol–water partition coefficient (Wildman–Crippen LogP) is 1.47. The van der Waals surface area contributed by atoms with Crippen molar-refractivity contribution in [2.75, 3.05) is 18.4 Å². The SMILES string of the molecule is CCCNc1ncc(S(=O)(=O)N2CC3CCC2C3)cn1. The van der Waals surface area contributed by atoms with Crippen molar-refractivity contribution in [2.45, 2.75) is 43.5 Å². The van der Waals surface area contributed by atoms with Crippen LogP contribution in [0.2, 0.25) is 0 Å². The lowest BCUT2D eigenvalue weighted by Gasteiger charge is -2.25. The highest BCUT2D eigenvalue weighted by molar-refractivity contribution is 7.89. The molecule has 0 amide bonds. The number of anilines is 1. The number of nitrogens with one attached hydrogen (secondary N) is 1. The van der Waals surface area contributed by atoms with E-state index in [0.29, 0.717) is 18.4 Å². The summed E-state index contributed by atoms with van der Waals surface area (Å²) in [4.78, 5) is 8.38. The van der Waals surface area contributed by atoms with Crippen LogP contribution in [0, 0.1) is 5.92 Å². The minimum atomic E-state index is -3.43. The lowest BCUT2D eigenvalue weighted by atomic mass is 10.1. The Balaban J connectivity index is 1.77. The number of hydrogen-bond donors (Lipinski definition) is 1. The van der Waals surface area contributed by atoms with Gasteiger partial charge in [-0.3, -0.25) is 0 Å². The molecule has 2 bridgehead atoms. The molecule has 1 aromatic rings. The molecular weight excluding hydrogens is 276 g/mol. The number of fused-ring (bicyclic) bond motifs is 2. The second-order valence-electron chi connectivity index (χ2n) is 5.58. The molecule has 2 aliphatic rings. The Morgan fingerprint density at radius 1 is 1.35 bits per heavy atom. The van der Waals surface area contributed by atoms with Crippen LogP contribution in [-0.4, -0.2) is 41.8 Å². The molecule has 3 rings (SSSR count). The number of piperidine rings is 1. The molecule has 6 nitrogen and oxygen atoms in total. The maximum absolute atomic E-state index is 12.6. The summed E-state index contributed by atoms with van der Waals surface area (Å²) in [7, 11) is -3.43. The van der Waals surface area contributed by atoms with Gasteiger partial charge in [-0.2, -0.15) is 4.31 Å². The third-order valence-corrected chi connectivity index (χ3v) is 6.00. The van der Waals surface area contributed by atoms with E-state index in [1.165, 1.54) is 12.4 Å². The second-order valence-corrected chi connectivity index (χ2v) is 7.47. The van der Waals surface area contributed by atoms with Gasteiger partial charge < -0.3 is 5.32 Å². The Labute approximate surface area is 119 Å². The van der Waals surface area contributed by atoms with Crippen molar-refractivity contribution in [2.24, 2.45) is 5.92 Å². The van der Waals surface area contributed by atoms with Gasteiger partial charge in [0, 0.05) is 19.1 Å². The number of sulfonamides is 1. The quantitative estimate of drug-likeness (QED) is 0.890. The molecular formula is C13H20N4O2S. The van der Waals surface area contributed by atoms with E-state index in [0.717, 1.165) is 32.2 Å². The molecule has 1 aromatic heterocycles. The Hall–Kier alpha value is -1.21. The van der Waals surface area contributed by atoms with E-state index in [4.69, 9.17) is 0 Å². The molecule has 1 saturated heterocycles. The highest BCUT2D eigenvalue weighted by Crippen LogP contribution is 2.40. The Morgan fingerprint density at radius 2 is 2.10 bits per heavy atom. The maximum Gasteiger partial charge on any atom is 0.246 e. The fraction of sp³-hybridized carbons (Fsp3) is 0.692. The van der Waals surface area contributed by atoms with Crippen LogP contribution in [0.5, 0.6) is 0 Å². The predicted molar refractivity (Wildman–Crippen MR) is 75.8 cm³/mol. The third kappa shape index (κ3) is 2.40. The van der Waals surface area contributed by atoms with Gasteiger partial charge in [-0.1, -0.05) is 6.92 Å². The molecule has 1 N–H and O–H groups in total. The molecule has 1 saturated carbocycles. The highest BCUT2D eigenvalue weighted by atomic mass is 32.2. The van der Waals surface area contributed by atoms with E-state index in [2.05, 4.69) is 15.3 Å².